The number of carbonyl (C=O) groups excluding carboxylic acids is 2. The summed E-state index contributed by atoms with van der Waals surface area (Å²) >= 11 is 0. The second-order valence-electron chi connectivity index (χ2n) is 6.55. The van der Waals surface area contributed by atoms with Crippen LogP contribution in [-0.2, 0) is 9.53 Å². The minimum atomic E-state index is -0.722. The Morgan fingerprint density at radius 2 is 1.74 bits per heavy atom. The first-order valence-electron chi connectivity index (χ1n) is 7.43. The van der Waals surface area contributed by atoms with E-state index in [2.05, 4.69) is 10.6 Å². The number of amides is 2. The first-order valence-corrected chi connectivity index (χ1v) is 7.43. The third kappa shape index (κ3) is 6.39. The normalized spacial score (nSPS) is 12.2. The topological polar surface area (TPSA) is 91.2 Å². The van der Waals surface area contributed by atoms with Crippen LogP contribution in [0.3, 0.4) is 0 Å². The van der Waals surface area contributed by atoms with Crippen LogP contribution in [0, 0.1) is 17.2 Å². The van der Waals surface area contributed by atoms with Crippen LogP contribution in [0.15, 0.2) is 24.3 Å². The molecule has 0 fully saturated rings. The van der Waals surface area contributed by atoms with Crippen LogP contribution in [0.1, 0.15) is 40.2 Å². The number of ether oxygens (including phenoxy) is 1. The van der Waals surface area contributed by atoms with Crippen molar-refractivity contribution >= 4 is 17.7 Å². The fourth-order valence-electron chi connectivity index (χ4n) is 1.82. The summed E-state index contributed by atoms with van der Waals surface area (Å²) in [5.41, 5.74) is 0.441. The SMILES string of the molecule is CC(C)C(NC(=O)OC(C)(C)C)C(=O)Nc1ccc(C#N)cc1. The van der Waals surface area contributed by atoms with Crippen molar-refractivity contribution in [3.05, 3.63) is 29.8 Å². The number of benzene rings is 1. The molecule has 0 heterocycles. The van der Waals surface area contributed by atoms with Gasteiger partial charge in [-0.25, -0.2) is 4.79 Å². The standard InChI is InChI=1S/C17H23N3O3/c1-11(2)14(20-16(22)23-17(3,4)5)15(21)19-13-8-6-12(10-18)7-9-13/h6-9,11,14H,1-5H3,(H,19,21)(H,20,22). The highest BCUT2D eigenvalue weighted by Crippen LogP contribution is 2.12. The summed E-state index contributed by atoms with van der Waals surface area (Å²) in [6.07, 6.45) is -0.633. The Labute approximate surface area is 136 Å². The summed E-state index contributed by atoms with van der Waals surface area (Å²) in [6, 6.07) is 7.79. The Balaban J connectivity index is 2.74. The van der Waals surface area contributed by atoms with Gasteiger partial charge in [-0.3, -0.25) is 4.79 Å². The number of alkyl carbamates (subject to hydrolysis) is 1. The molecule has 23 heavy (non-hydrogen) atoms. The molecule has 6 nitrogen and oxygen atoms in total. The molecule has 0 bridgehead atoms. The van der Waals surface area contributed by atoms with Crippen molar-refractivity contribution < 1.29 is 14.3 Å². The Kier molecular flexibility index (Phi) is 6.14. The highest BCUT2D eigenvalue weighted by molar-refractivity contribution is 5.96. The number of nitriles is 1. The van der Waals surface area contributed by atoms with Gasteiger partial charge in [-0.05, 0) is 51.0 Å². The van der Waals surface area contributed by atoms with Crippen molar-refractivity contribution in [2.45, 2.75) is 46.3 Å². The van der Waals surface area contributed by atoms with Gasteiger partial charge in [0.25, 0.3) is 0 Å². The van der Waals surface area contributed by atoms with Gasteiger partial charge in [0.05, 0.1) is 11.6 Å². The van der Waals surface area contributed by atoms with E-state index in [1.54, 1.807) is 45.0 Å². The first-order chi connectivity index (χ1) is 10.6. The van der Waals surface area contributed by atoms with Crippen LogP contribution in [0.2, 0.25) is 0 Å². The molecule has 1 aromatic carbocycles. The maximum Gasteiger partial charge on any atom is 0.408 e. The van der Waals surface area contributed by atoms with Crippen molar-refractivity contribution in [2.75, 3.05) is 5.32 Å². The molecule has 0 aliphatic heterocycles. The monoisotopic (exact) mass is 317 g/mol. The summed E-state index contributed by atoms with van der Waals surface area (Å²) in [7, 11) is 0. The lowest BCUT2D eigenvalue weighted by atomic mass is 10.0. The zero-order chi connectivity index (χ0) is 17.6. The molecule has 0 radical (unpaired) electrons. The highest BCUT2D eigenvalue weighted by Gasteiger charge is 2.26. The molecule has 1 unspecified atom stereocenters. The Bertz CT molecular complexity index is 595. The van der Waals surface area contributed by atoms with Gasteiger partial charge in [-0.1, -0.05) is 13.8 Å². The fraction of sp³-hybridized carbons (Fsp3) is 0.471. The summed E-state index contributed by atoms with van der Waals surface area (Å²) in [5, 5.41) is 14.1. The second kappa shape index (κ2) is 7.63. The minimum absolute atomic E-state index is 0.110. The maximum atomic E-state index is 12.4. The fourth-order valence-corrected chi connectivity index (χ4v) is 1.82. The molecule has 2 N–H and O–H groups in total. The van der Waals surface area contributed by atoms with E-state index in [0.29, 0.717) is 11.3 Å². The van der Waals surface area contributed by atoms with Crippen molar-refractivity contribution in [1.82, 2.24) is 5.32 Å². The average Bonchev–Trinajstić information content (AvgIpc) is 2.43. The molecule has 0 aliphatic rings. The minimum Gasteiger partial charge on any atom is -0.444 e. The molecule has 0 saturated heterocycles. The van der Waals surface area contributed by atoms with Gasteiger partial charge in [0.1, 0.15) is 11.6 Å². The van der Waals surface area contributed by atoms with Crippen LogP contribution in [0.25, 0.3) is 0 Å². The molecule has 0 aliphatic carbocycles. The van der Waals surface area contributed by atoms with Crippen LogP contribution in [0.5, 0.6) is 0 Å². The van der Waals surface area contributed by atoms with Gasteiger partial charge >= 0.3 is 6.09 Å². The maximum absolute atomic E-state index is 12.4. The van der Waals surface area contributed by atoms with Crippen molar-refractivity contribution in [2.24, 2.45) is 5.92 Å². The first kappa shape index (κ1) is 18.5. The molecular weight excluding hydrogens is 294 g/mol. The molecule has 1 atom stereocenters. The van der Waals surface area contributed by atoms with Crippen LogP contribution in [0.4, 0.5) is 10.5 Å². The number of nitrogens with one attached hydrogen (secondary N) is 2. The highest BCUT2D eigenvalue weighted by atomic mass is 16.6. The number of hydrogen-bond donors (Lipinski definition) is 2. The predicted octanol–water partition coefficient (Wildman–Crippen LogP) is 3.05. The third-order valence-corrected chi connectivity index (χ3v) is 2.90. The second-order valence-corrected chi connectivity index (χ2v) is 6.55. The van der Waals surface area contributed by atoms with Crippen molar-refractivity contribution in [3.63, 3.8) is 0 Å². The van der Waals surface area contributed by atoms with E-state index < -0.39 is 17.7 Å². The third-order valence-electron chi connectivity index (χ3n) is 2.90. The summed E-state index contributed by atoms with van der Waals surface area (Å²) in [6.45, 7) is 8.94. The van der Waals surface area contributed by atoms with Crippen LogP contribution < -0.4 is 10.6 Å². The van der Waals surface area contributed by atoms with Crippen molar-refractivity contribution in [3.8, 4) is 6.07 Å². The molecule has 0 aromatic heterocycles. The molecule has 6 heteroatoms. The van der Waals surface area contributed by atoms with Gasteiger partial charge < -0.3 is 15.4 Å². The Hall–Kier alpha value is -2.55. The van der Waals surface area contributed by atoms with E-state index >= 15 is 0 Å². The smallest absolute Gasteiger partial charge is 0.408 e. The summed E-state index contributed by atoms with van der Waals surface area (Å²) < 4.78 is 5.18. The average molecular weight is 317 g/mol. The number of nitrogens with zero attached hydrogens (tertiary/aromatic N) is 1. The number of carbonyl (C=O) groups is 2. The quantitative estimate of drug-likeness (QED) is 0.893. The van der Waals surface area contributed by atoms with E-state index in [-0.39, 0.29) is 11.8 Å². The summed E-state index contributed by atoms with van der Waals surface area (Å²) in [4.78, 5) is 24.2. The lowest BCUT2D eigenvalue weighted by Gasteiger charge is -2.25. The van der Waals surface area contributed by atoms with Crippen LogP contribution in [-0.4, -0.2) is 23.6 Å². The lowest BCUT2D eigenvalue weighted by molar-refractivity contribution is -0.119. The molecule has 1 aromatic rings. The molecule has 0 spiro atoms. The predicted molar refractivity (Wildman–Crippen MR) is 87.8 cm³/mol. The van der Waals surface area contributed by atoms with Gasteiger partial charge in [0.15, 0.2) is 0 Å². The molecule has 2 amide bonds. The molecule has 1 rings (SSSR count). The van der Waals surface area contributed by atoms with Crippen molar-refractivity contribution in [1.29, 1.82) is 5.26 Å². The molecular formula is C17H23N3O3. The van der Waals surface area contributed by atoms with Gasteiger partial charge in [0.2, 0.25) is 5.91 Å². The number of rotatable bonds is 4. The van der Waals surface area contributed by atoms with Gasteiger partial charge in [-0.15, -0.1) is 0 Å². The number of anilines is 1. The Morgan fingerprint density at radius 3 is 2.17 bits per heavy atom. The van der Waals surface area contributed by atoms with E-state index in [1.807, 2.05) is 19.9 Å². The van der Waals surface area contributed by atoms with E-state index in [1.165, 1.54) is 0 Å². The van der Waals surface area contributed by atoms with Gasteiger partial charge in [-0.2, -0.15) is 5.26 Å². The lowest BCUT2D eigenvalue weighted by Crippen LogP contribution is -2.48. The van der Waals surface area contributed by atoms with E-state index in [4.69, 9.17) is 10.00 Å². The van der Waals surface area contributed by atoms with E-state index in [9.17, 15) is 9.59 Å². The van der Waals surface area contributed by atoms with Crippen LogP contribution >= 0.6 is 0 Å². The summed E-state index contributed by atoms with van der Waals surface area (Å²) in [5.74, 6) is -0.448. The van der Waals surface area contributed by atoms with E-state index in [0.717, 1.165) is 0 Å². The molecule has 0 saturated carbocycles. The molecule has 124 valence electrons. The largest absolute Gasteiger partial charge is 0.444 e. The zero-order valence-corrected chi connectivity index (χ0v) is 14.1. The van der Waals surface area contributed by atoms with Gasteiger partial charge in [0, 0.05) is 5.69 Å². The Morgan fingerprint density at radius 1 is 1.17 bits per heavy atom. The zero-order valence-electron chi connectivity index (χ0n) is 14.1. The number of hydrogen-bond acceptors (Lipinski definition) is 4.